The molecule has 0 atom stereocenters. The molecule has 0 fully saturated rings. The first-order valence-electron chi connectivity index (χ1n) is 4.83. The summed E-state index contributed by atoms with van der Waals surface area (Å²) in [7, 11) is 1.48. The lowest BCUT2D eigenvalue weighted by Crippen LogP contribution is -2.10. The van der Waals surface area contributed by atoms with Crippen LogP contribution in [0.1, 0.15) is 6.92 Å². The number of rotatable bonds is 6. The van der Waals surface area contributed by atoms with Crippen molar-refractivity contribution in [2.75, 3.05) is 20.3 Å². The monoisotopic (exact) mass is 226 g/mol. The Morgan fingerprint density at radius 2 is 1.94 bits per heavy atom. The number of hydrogen-bond acceptors (Lipinski definition) is 4. The van der Waals surface area contributed by atoms with Crippen LogP contribution in [-0.2, 0) is 4.79 Å². The van der Waals surface area contributed by atoms with E-state index in [9.17, 15) is 4.79 Å². The van der Waals surface area contributed by atoms with E-state index in [1.807, 2.05) is 6.92 Å². The van der Waals surface area contributed by atoms with Crippen LogP contribution in [0.2, 0.25) is 0 Å². The summed E-state index contributed by atoms with van der Waals surface area (Å²) in [6.07, 6.45) is 0. The fourth-order valence-corrected chi connectivity index (χ4v) is 1.22. The Bertz CT molecular complexity index is 361. The van der Waals surface area contributed by atoms with Gasteiger partial charge in [0.15, 0.2) is 18.1 Å². The Morgan fingerprint density at radius 1 is 1.31 bits per heavy atom. The number of para-hydroxylation sites is 1. The Labute approximate surface area is 93.6 Å². The average molecular weight is 226 g/mol. The summed E-state index contributed by atoms with van der Waals surface area (Å²) >= 11 is 0. The SMILES string of the molecule is CCOc1cccc(OCC(=O)O)c1OC. The summed E-state index contributed by atoms with van der Waals surface area (Å²) < 4.78 is 15.5. The number of benzene rings is 1. The zero-order valence-corrected chi connectivity index (χ0v) is 9.23. The van der Waals surface area contributed by atoms with Gasteiger partial charge in [0.25, 0.3) is 0 Å². The molecule has 0 heterocycles. The van der Waals surface area contributed by atoms with E-state index in [1.165, 1.54) is 7.11 Å². The maximum absolute atomic E-state index is 10.4. The second-order valence-electron chi connectivity index (χ2n) is 2.90. The van der Waals surface area contributed by atoms with Gasteiger partial charge in [-0.2, -0.15) is 0 Å². The minimum absolute atomic E-state index is 0.357. The van der Waals surface area contributed by atoms with Crippen molar-refractivity contribution in [3.63, 3.8) is 0 Å². The molecule has 1 N–H and O–H groups in total. The van der Waals surface area contributed by atoms with Gasteiger partial charge in [0, 0.05) is 0 Å². The van der Waals surface area contributed by atoms with Crippen molar-refractivity contribution >= 4 is 5.97 Å². The molecule has 1 rings (SSSR count). The summed E-state index contributed by atoms with van der Waals surface area (Å²) in [5.74, 6) is 0.262. The van der Waals surface area contributed by atoms with Gasteiger partial charge in [-0.05, 0) is 19.1 Å². The molecule has 0 aliphatic rings. The molecule has 0 radical (unpaired) electrons. The Hall–Kier alpha value is -1.91. The molecule has 0 aromatic heterocycles. The Morgan fingerprint density at radius 3 is 2.44 bits per heavy atom. The molecule has 0 saturated heterocycles. The van der Waals surface area contributed by atoms with Crippen LogP contribution < -0.4 is 14.2 Å². The summed E-state index contributed by atoms with van der Waals surface area (Å²) in [6, 6.07) is 5.07. The van der Waals surface area contributed by atoms with E-state index >= 15 is 0 Å². The van der Waals surface area contributed by atoms with E-state index < -0.39 is 12.6 Å². The van der Waals surface area contributed by atoms with Gasteiger partial charge in [-0.3, -0.25) is 0 Å². The maximum atomic E-state index is 10.4. The minimum Gasteiger partial charge on any atom is -0.490 e. The van der Waals surface area contributed by atoms with Crippen molar-refractivity contribution in [3.8, 4) is 17.2 Å². The summed E-state index contributed by atoms with van der Waals surface area (Å²) in [5.41, 5.74) is 0. The molecule has 0 unspecified atom stereocenters. The van der Waals surface area contributed by atoms with Gasteiger partial charge >= 0.3 is 5.97 Å². The quantitative estimate of drug-likeness (QED) is 0.797. The lowest BCUT2D eigenvalue weighted by molar-refractivity contribution is -0.139. The molecule has 1 aromatic rings. The molecule has 0 aliphatic carbocycles. The van der Waals surface area contributed by atoms with Gasteiger partial charge in [0.1, 0.15) is 0 Å². The van der Waals surface area contributed by atoms with Crippen molar-refractivity contribution in [1.82, 2.24) is 0 Å². The van der Waals surface area contributed by atoms with Crippen molar-refractivity contribution < 1.29 is 24.1 Å². The third kappa shape index (κ3) is 3.05. The largest absolute Gasteiger partial charge is 0.490 e. The molecular formula is C11H14O5. The predicted octanol–water partition coefficient (Wildman–Crippen LogP) is 1.56. The number of carboxylic acids is 1. The average Bonchev–Trinajstić information content (AvgIpc) is 2.27. The summed E-state index contributed by atoms with van der Waals surface area (Å²) in [4.78, 5) is 10.4. The third-order valence-corrected chi connectivity index (χ3v) is 1.80. The zero-order valence-electron chi connectivity index (χ0n) is 9.23. The third-order valence-electron chi connectivity index (χ3n) is 1.80. The smallest absolute Gasteiger partial charge is 0.341 e. The van der Waals surface area contributed by atoms with Crippen LogP contribution in [0.5, 0.6) is 17.2 Å². The zero-order chi connectivity index (χ0) is 12.0. The molecule has 0 saturated carbocycles. The van der Waals surface area contributed by atoms with Crippen molar-refractivity contribution in [2.24, 2.45) is 0 Å². The molecular weight excluding hydrogens is 212 g/mol. The molecule has 5 heteroatoms. The van der Waals surface area contributed by atoms with Gasteiger partial charge in [0.2, 0.25) is 5.75 Å². The van der Waals surface area contributed by atoms with Crippen LogP contribution in [0.15, 0.2) is 18.2 Å². The van der Waals surface area contributed by atoms with Crippen LogP contribution in [0.4, 0.5) is 0 Å². The van der Waals surface area contributed by atoms with Crippen molar-refractivity contribution in [2.45, 2.75) is 6.92 Å². The van der Waals surface area contributed by atoms with Gasteiger partial charge in [-0.25, -0.2) is 4.79 Å². The fraction of sp³-hybridized carbons (Fsp3) is 0.364. The minimum atomic E-state index is -1.04. The standard InChI is InChI=1S/C11H14O5/c1-3-15-8-5-4-6-9(11(8)14-2)16-7-10(12)13/h4-6H,3,7H2,1-2H3,(H,12,13). The molecule has 0 spiro atoms. The van der Waals surface area contributed by atoms with E-state index in [4.69, 9.17) is 19.3 Å². The molecule has 0 aliphatic heterocycles. The first-order valence-corrected chi connectivity index (χ1v) is 4.83. The number of ether oxygens (including phenoxy) is 3. The fourth-order valence-electron chi connectivity index (χ4n) is 1.22. The second-order valence-corrected chi connectivity index (χ2v) is 2.90. The van der Waals surface area contributed by atoms with Crippen molar-refractivity contribution in [1.29, 1.82) is 0 Å². The van der Waals surface area contributed by atoms with E-state index in [0.717, 1.165) is 0 Å². The number of methoxy groups -OCH3 is 1. The lowest BCUT2D eigenvalue weighted by Gasteiger charge is -2.13. The van der Waals surface area contributed by atoms with Crippen LogP contribution in [-0.4, -0.2) is 31.4 Å². The molecule has 1 aromatic carbocycles. The van der Waals surface area contributed by atoms with E-state index in [0.29, 0.717) is 23.9 Å². The van der Waals surface area contributed by atoms with Crippen LogP contribution >= 0.6 is 0 Å². The Balaban J connectivity index is 2.89. The van der Waals surface area contributed by atoms with Crippen LogP contribution in [0.3, 0.4) is 0 Å². The first-order chi connectivity index (χ1) is 7.69. The second kappa shape index (κ2) is 5.85. The van der Waals surface area contributed by atoms with Crippen LogP contribution in [0.25, 0.3) is 0 Å². The molecule has 5 nitrogen and oxygen atoms in total. The van der Waals surface area contributed by atoms with Crippen LogP contribution in [0, 0.1) is 0 Å². The molecule has 0 bridgehead atoms. The maximum Gasteiger partial charge on any atom is 0.341 e. The van der Waals surface area contributed by atoms with Gasteiger partial charge in [0.05, 0.1) is 13.7 Å². The summed E-state index contributed by atoms with van der Waals surface area (Å²) in [6.45, 7) is 1.94. The highest BCUT2D eigenvalue weighted by atomic mass is 16.5. The van der Waals surface area contributed by atoms with Gasteiger partial charge in [-0.15, -0.1) is 0 Å². The number of carboxylic acid groups (broad SMARTS) is 1. The topological polar surface area (TPSA) is 65.0 Å². The highest BCUT2D eigenvalue weighted by Gasteiger charge is 2.11. The molecule has 16 heavy (non-hydrogen) atoms. The van der Waals surface area contributed by atoms with E-state index in [-0.39, 0.29) is 0 Å². The van der Waals surface area contributed by atoms with Gasteiger partial charge in [-0.1, -0.05) is 6.07 Å². The number of hydrogen-bond donors (Lipinski definition) is 1. The molecule has 0 amide bonds. The normalized spacial score (nSPS) is 9.62. The number of carbonyl (C=O) groups is 1. The van der Waals surface area contributed by atoms with E-state index in [1.54, 1.807) is 18.2 Å². The summed E-state index contributed by atoms with van der Waals surface area (Å²) in [5, 5.41) is 8.51. The lowest BCUT2D eigenvalue weighted by atomic mass is 10.3. The number of aliphatic carboxylic acids is 1. The molecule has 88 valence electrons. The highest BCUT2D eigenvalue weighted by molar-refractivity contribution is 5.68. The van der Waals surface area contributed by atoms with Crippen molar-refractivity contribution in [3.05, 3.63) is 18.2 Å². The Kier molecular flexibility index (Phi) is 4.44. The first kappa shape index (κ1) is 12.2. The van der Waals surface area contributed by atoms with Gasteiger partial charge < -0.3 is 19.3 Å². The predicted molar refractivity (Wildman–Crippen MR) is 57.3 cm³/mol. The highest BCUT2D eigenvalue weighted by Crippen LogP contribution is 2.36. The van der Waals surface area contributed by atoms with E-state index in [2.05, 4.69) is 0 Å².